The first-order chi connectivity index (χ1) is 13.5. The maximum Gasteiger partial charge on any atom is 0.263 e. The topological polar surface area (TPSA) is 55.9 Å². The van der Waals surface area contributed by atoms with Gasteiger partial charge in [-0.15, -0.1) is 0 Å². The van der Waals surface area contributed by atoms with Crippen LogP contribution in [0.5, 0.6) is 0 Å². The second-order valence-electron chi connectivity index (χ2n) is 7.15. The van der Waals surface area contributed by atoms with Crippen LogP contribution in [0, 0.1) is 0 Å². The standard InChI is InChI=1S/C22H24N4O2/c1-4-25-17-7-5-6-8-18(17)26-14-13-19(27)20(22(25)26)21(28)23-15-9-11-16(12-10-15)24(2)3/h5-12H,4,13-14H2,1-3H3,(H,23,28). The molecule has 4 rings (SSSR count). The number of Topliss-reactive ketones (excluding diaryl/α,β-unsaturated/α-hetero) is 1. The van der Waals surface area contributed by atoms with E-state index in [1.165, 1.54) is 0 Å². The molecule has 1 N–H and O–H groups in total. The van der Waals surface area contributed by atoms with Gasteiger partial charge in [0.2, 0.25) is 0 Å². The largest absolute Gasteiger partial charge is 0.378 e. The summed E-state index contributed by atoms with van der Waals surface area (Å²) >= 11 is 0. The van der Waals surface area contributed by atoms with Crippen molar-refractivity contribution in [2.24, 2.45) is 0 Å². The Kier molecular flexibility index (Phi) is 4.55. The smallest absolute Gasteiger partial charge is 0.263 e. The number of amides is 1. The van der Waals surface area contributed by atoms with Crippen molar-refractivity contribution >= 4 is 34.4 Å². The number of carbonyl (C=O) groups excluding carboxylic acids is 2. The van der Waals surface area contributed by atoms with Gasteiger partial charge < -0.3 is 20.0 Å². The number of nitrogens with one attached hydrogen (secondary N) is 1. The Labute approximate surface area is 165 Å². The van der Waals surface area contributed by atoms with E-state index in [9.17, 15) is 9.59 Å². The quantitative estimate of drug-likeness (QED) is 0.831. The van der Waals surface area contributed by atoms with Gasteiger partial charge in [-0.3, -0.25) is 9.59 Å². The van der Waals surface area contributed by atoms with Crippen molar-refractivity contribution in [1.82, 2.24) is 0 Å². The second-order valence-corrected chi connectivity index (χ2v) is 7.15. The second kappa shape index (κ2) is 7.03. The van der Waals surface area contributed by atoms with Gasteiger partial charge in [-0.25, -0.2) is 0 Å². The van der Waals surface area contributed by atoms with Crippen LogP contribution in [0.2, 0.25) is 0 Å². The zero-order chi connectivity index (χ0) is 19.8. The monoisotopic (exact) mass is 376 g/mol. The van der Waals surface area contributed by atoms with Crippen LogP contribution in [-0.4, -0.2) is 38.9 Å². The van der Waals surface area contributed by atoms with Crippen molar-refractivity contribution < 1.29 is 9.59 Å². The number of anilines is 4. The molecule has 0 atom stereocenters. The molecule has 2 aromatic rings. The van der Waals surface area contributed by atoms with Crippen molar-refractivity contribution in [3.8, 4) is 0 Å². The average molecular weight is 376 g/mol. The minimum absolute atomic E-state index is 0.111. The average Bonchev–Trinajstić information content (AvgIpc) is 3.01. The molecule has 0 saturated heterocycles. The van der Waals surface area contributed by atoms with Gasteiger partial charge in [-0.1, -0.05) is 12.1 Å². The fourth-order valence-corrected chi connectivity index (χ4v) is 3.84. The molecule has 2 aliphatic heterocycles. The first kappa shape index (κ1) is 18.1. The Morgan fingerprint density at radius 2 is 1.75 bits per heavy atom. The van der Waals surface area contributed by atoms with Crippen LogP contribution in [0.4, 0.5) is 22.7 Å². The van der Waals surface area contributed by atoms with Gasteiger partial charge >= 0.3 is 0 Å². The lowest BCUT2D eigenvalue weighted by Crippen LogP contribution is -2.40. The van der Waals surface area contributed by atoms with Crippen LogP contribution in [0.3, 0.4) is 0 Å². The van der Waals surface area contributed by atoms with E-state index in [1.54, 1.807) is 0 Å². The molecule has 1 amide bonds. The van der Waals surface area contributed by atoms with Crippen molar-refractivity contribution in [1.29, 1.82) is 0 Å². The Hall–Kier alpha value is -3.28. The summed E-state index contributed by atoms with van der Waals surface area (Å²) in [6.45, 7) is 3.31. The maximum absolute atomic E-state index is 13.1. The van der Waals surface area contributed by atoms with E-state index in [0.29, 0.717) is 31.0 Å². The zero-order valence-corrected chi connectivity index (χ0v) is 16.4. The summed E-state index contributed by atoms with van der Waals surface area (Å²) in [7, 11) is 3.93. The highest BCUT2D eigenvalue weighted by Crippen LogP contribution is 2.44. The molecule has 0 aliphatic carbocycles. The summed E-state index contributed by atoms with van der Waals surface area (Å²) < 4.78 is 0. The van der Waals surface area contributed by atoms with Gasteiger partial charge in [0.05, 0.1) is 11.4 Å². The van der Waals surface area contributed by atoms with E-state index in [2.05, 4.69) is 15.1 Å². The third-order valence-corrected chi connectivity index (χ3v) is 5.22. The van der Waals surface area contributed by atoms with E-state index in [4.69, 9.17) is 0 Å². The molecule has 0 radical (unpaired) electrons. The number of ketones is 1. The highest BCUT2D eigenvalue weighted by molar-refractivity contribution is 6.25. The molecular weight excluding hydrogens is 352 g/mol. The van der Waals surface area contributed by atoms with E-state index >= 15 is 0 Å². The minimum Gasteiger partial charge on any atom is -0.378 e. The van der Waals surface area contributed by atoms with E-state index in [0.717, 1.165) is 17.1 Å². The van der Waals surface area contributed by atoms with Crippen LogP contribution in [-0.2, 0) is 9.59 Å². The van der Waals surface area contributed by atoms with Crippen molar-refractivity contribution in [3.63, 3.8) is 0 Å². The molecule has 2 heterocycles. The van der Waals surface area contributed by atoms with Gasteiger partial charge in [0.15, 0.2) is 5.78 Å². The highest BCUT2D eigenvalue weighted by atomic mass is 16.2. The lowest BCUT2D eigenvalue weighted by atomic mass is 10.0. The van der Waals surface area contributed by atoms with Crippen molar-refractivity contribution in [3.05, 3.63) is 59.9 Å². The Morgan fingerprint density at radius 3 is 2.39 bits per heavy atom. The van der Waals surface area contributed by atoms with Gasteiger partial charge in [0, 0.05) is 45.0 Å². The van der Waals surface area contributed by atoms with Crippen LogP contribution in [0.1, 0.15) is 13.3 Å². The molecule has 0 fully saturated rings. The fourth-order valence-electron chi connectivity index (χ4n) is 3.84. The maximum atomic E-state index is 13.1. The number of rotatable bonds is 4. The Morgan fingerprint density at radius 1 is 1.07 bits per heavy atom. The summed E-state index contributed by atoms with van der Waals surface area (Å²) in [5, 5.41) is 2.90. The van der Waals surface area contributed by atoms with Crippen LogP contribution < -0.4 is 20.0 Å². The molecule has 6 nitrogen and oxygen atoms in total. The number of para-hydroxylation sites is 2. The molecule has 2 aliphatic rings. The zero-order valence-electron chi connectivity index (χ0n) is 16.4. The predicted molar refractivity (Wildman–Crippen MR) is 113 cm³/mol. The predicted octanol–water partition coefficient (Wildman–Crippen LogP) is 3.22. The van der Waals surface area contributed by atoms with E-state index in [-0.39, 0.29) is 17.3 Å². The number of carbonyl (C=O) groups is 2. The Balaban J connectivity index is 1.70. The van der Waals surface area contributed by atoms with Gasteiger partial charge in [-0.2, -0.15) is 0 Å². The van der Waals surface area contributed by atoms with Crippen molar-refractivity contribution in [2.75, 3.05) is 47.2 Å². The first-order valence-electron chi connectivity index (χ1n) is 9.51. The third kappa shape index (κ3) is 2.91. The fraction of sp³-hybridized carbons (Fsp3) is 0.273. The van der Waals surface area contributed by atoms with Crippen LogP contribution >= 0.6 is 0 Å². The van der Waals surface area contributed by atoms with Gasteiger partial charge in [-0.05, 0) is 43.3 Å². The summed E-state index contributed by atoms with van der Waals surface area (Å²) in [5.41, 5.74) is 4.04. The lowest BCUT2D eigenvalue weighted by Gasteiger charge is -2.30. The van der Waals surface area contributed by atoms with Gasteiger partial charge in [0.1, 0.15) is 11.4 Å². The number of hydrogen-bond acceptors (Lipinski definition) is 5. The van der Waals surface area contributed by atoms with Crippen molar-refractivity contribution in [2.45, 2.75) is 13.3 Å². The third-order valence-electron chi connectivity index (χ3n) is 5.22. The van der Waals surface area contributed by atoms with E-state index < -0.39 is 0 Å². The number of benzene rings is 2. The minimum atomic E-state index is -0.353. The molecule has 0 saturated carbocycles. The molecule has 28 heavy (non-hydrogen) atoms. The number of fused-ring (bicyclic) bond motifs is 3. The molecular formula is C22H24N4O2. The summed E-state index contributed by atoms with van der Waals surface area (Å²) in [6.07, 6.45) is 0.331. The molecule has 6 heteroatoms. The molecule has 2 aromatic carbocycles. The molecule has 0 unspecified atom stereocenters. The molecule has 0 aromatic heterocycles. The SMILES string of the molecule is CCN1C2=C(C(=O)Nc3ccc(N(C)C)cc3)C(=O)CCN2c2ccccc21. The summed E-state index contributed by atoms with van der Waals surface area (Å²) in [6, 6.07) is 15.6. The summed E-state index contributed by atoms with van der Waals surface area (Å²) in [4.78, 5) is 32.0. The highest BCUT2D eigenvalue weighted by Gasteiger charge is 2.40. The molecule has 0 spiro atoms. The van der Waals surface area contributed by atoms with Gasteiger partial charge in [0.25, 0.3) is 5.91 Å². The van der Waals surface area contributed by atoms with Crippen LogP contribution in [0.15, 0.2) is 59.9 Å². The Bertz CT molecular complexity index is 948. The number of hydrogen-bond donors (Lipinski definition) is 1. The van der Waals surface area contributed by atoms with E-state index in [1.807, 2.05) is 74.4 Å². The van der Waals surface area contributed by atoms with Crippen LogP contribution in [0.25, 0.3) is 0 Å². The molecule has 0 bridgehead atoms. The summed E-state index contributed by atoms with van der Waals surface area (Å²) in [5.74, 6) is 0.232. The lowest BCUT2D eigenvalue weighted by molar-refractivity contribution is -0.120. The normalized spacial score (nSPS) is 15.5. The molecule has 144 valence electrons. The first-order valence-corrected chi connectivity index (χ1v) is 9.51. The number of nitrogens with zero attached hydrogens (tertiary/aromatic N) is 3.